The van der Waals surface area contributed by atoms with Crippen molar-refractivity contribution in [3.8, 4) is 6.07 Å². The average molecular weight is 486 g/mol. The molecule has 1 atom stereocenters. The molecule has 2 aromatic rings. The molecule has 0 aliphatic rings. The van der Waals surface area contributed by atoms with Gasteiger partial charge in [-0.15, -0.1) is 35.3 Å². The first-order valence-corrected chi connectivity index (χ1v) is 9.12. The van der Waals surface area contributed by atoms with E-state index in [4.69, 9.17) is 5.26 Å². The first-order chi connectivity index (χ1) is 12.0. The maximum Gasteiger partial charge on any atom is 0.191 e. The van der Waals surface area contributed by atoms with E-state index in [0.29, 0.717) is 17.1 Å². The SMILES string of the molecule is CCNC(=NCc1cc(C#N)ccc1F)NC(C)Cc1ccc(C)s1.I. The normalized spacial score (nSPS) is 12.0. The molecule has 1 aromatic carbocycles. The minimum atomic E-state index is -0.347. The molecule has 26 heavy (non-hydrogen) atoms. The number of aliphatic imine (C=N–C) groups is 1. The second kappa shape index (κ2) is 11.1. The van der Waals surface area contributed by atoms with Crippen molar-refractivity contribution >= 4 is 41.3 Å². The summed E-state index contributed by atoms with van der Waals surface area (Å²) in [5.74, 6) is 0.297. The lowest BCUT2D eigenvalue weighted by Crippen LogP contribution is -2.43. The van der Waals surface area contributed by atoms with E-state index >= 15 is 0 Å². The van der Waals surface area contributed by atoms with E-state index in [1.165, 1.54) is 21.9 Å². The molecular weight excluding hydrogens is 462 g/mol. The molecule has 2 rings (SSSR count). The molecule has 140 valence electrons. The van der Waals surface area contributed by atoms with Crippen LogP contribution < -0.4 is 10.6 Å². The predicted molar refractivity (Wildman–Crippen MR) is 117 cm³/mol. The van der Waals surface area contributed by atoms with Gasteiger partial charge in [0, 0.05) is 34.3 Å². The third kappa shape index (κ3) is 6.92. The zero-order chi connectivity index (χ0) is 18.2. The summed E-state index contributed by atoms with van der Waals surface area (Å²) in [6.07, 6.45) is 0.904. The number of benzene rings is 1. The Hall–Kier alpha value is -1.66. The van der Waals surface area contributed by atoms with Crippen molar-refractivity contribution in [2.24, 2.45) is 4.99 Å². The summed E-state index contributed by atoms with van der Waals surface area (Å²) in [5.41, 5.74) is 0.851. The van der Waals surface area contributed by atoms with Crippen LogP contribution in [0.5, 0.6) is 0 Å². The molecule has 1 aromatic heterocycles. The van der Waals surface area contributed by atoms with Crippen LogP contribution in [0.25, 0.3) is 0 Å². The van der Waals surface area contributed by atoms with E-state index < -0.39 is 0 Å². The fraction of sp³-hybridized carbons (Fsp3) is 0.368. The van der Waals surface area contributed by atoms with Gasteiger partial charge >= 0.3 is 0 Å². The molecule has 0 aliphatic heterocycles. The Morgan fingerprint density at radius 1 is 1.35 bits per heavy atom. The van der Waals surface area contributed by atoms with Crippen LogP contribution in [-0.2, 0) is 13.0 Å². The molecular formula is C19H24FIN4S. The number of nitrogens with zero attached hydrogens (tertiary/aromatic N) is 2. The van der Waals surface area contributed by atoms with Gasteiger partial charge in [0.1, 0.15) is 5.82 Å². The number of hydrogen-bond acceptors (Lipinski definition) is 3. The van der Waals surface area contributed by atoms with Crippen LogP contribution in [0.3, 0.4) is 0 Å². The maximum atomic E-state index is 13.9. The number of halogens is 2. The standard InChI is InChI=1S/C19H23FN4S.HI/c1-4-22-19(24-13(2)9-17-7-5-14(3)25-17)23-12-16-10-15(11-21)6-8-18(16)20;/h5-8,10,13H,4,9,12H2,1-3H3,(H2,22,23,24);1H. The second-order valence-electron chi connectivity index (χ2n) is 5.88. The van der Waals surface area contributed by atoms with Gasteiger partial charge in [0.25, 0.3) is 0 Å². The summed E-state index contributed by atoms with van der Waals surface area (Å²) < 4.78 is 13.9. The van der Waals surface area contributed by atoms with E-state index in [1.54, 1.807) is 17.4 Å². The monoisotopic (exact) mass is 486 g/mol. The summed E-state index contributed by atoms with van der Waals surface area (Å²) in [6.45, 7) is 7.08. The molecule has 0 aliphatic carbocycles. The number of aryl methyl sites for hydroxylation is 1. The minimum absolute atomic E-state index is 0. The van der Waals surface area contributed by atoms with Crippen molar-refractivity contribution in [1.82, 2.24) is 10.6 Å². The van der Waals surface area contributed by atoms with Crippen LogP contribution in [0, 0.1) is 24.1 Å². The fourth-order valence-corrected chi connectivity index (χ4v) is 3.45. The highest BCUT2D eigenvalue weighted by atomic mass is 127. The van der Waals surface area contributed by atoms with Gasteiger partial charge in [-0.1, -0.05) is 0 Å². The number of nitrogens with one attached hydrogen (secondary N) is 2. The summed E-state index contributed by atoms with van der Waals surface area (Å²) in [4.78, 5) is 7.08. The van der Waals surface area contributed by atoms with Crippen LogP contribution in [0.1, 0.15) is 34.7 Å². The minimum Gasteiger partial charge on any atom is -0.357 e. The van der Waals surface area contributed by atoms with Gasteiger partial charge < -0.3 is 10.6 Å². The summed E-state index contributed by atoms with van der Waals surface area (Å²) in [5, 5.41) is 15.5. The quantitative estimate of drug-likeness (QED) is 0.362. The lowest BCUT2D eigenvalue weighted by molar-refractivity contribution is 0.608. The average Bonchev–Trinajstić information content (AvgIpc) is 2.98. The second-order valence-corrected chi connectivity index (χ2v) is 7.25. The number of hydrogen-bond donors (Lipinski definition) is 2. The van der Waals surface area contributed by atoms with E-state index in [-0.39, 0.29) is 42.4 Å². The molecule has 0 radical (unpaired) electrons. The smallest absolute Gasteiger partial charge is 0.191 e. The van der Waals surface area contributed by atoms with Gasteiger partial charge in [-0.2, -0.15) is 5.26 Å². The van der Waals surface area contributed by atoms with Gasteiger partial charge in [0.15, 0.2) is 5.96 Å². The summed E-state index contributed by atoms with van der Waals surface area (Å²) in [7, 11) is 0. The fourth-order valence-electron chi connectivity index (χ4n) is 2.43. The number of guanidine groups is 1. The van der Waals surface area contributed by atoms with Gasteiger partial charge in [0.05, 0.1) is 18.2 Å². The Labute approximate surface area is 175 Å². The summed E-state index contributed by atoms with van der Waals surface area (Å²) in [6, 6.07) is 10.8. The highest BCUT2D eigenvalue weighted by Crippen LogP contribution is 2.16. The highest BCUT2D eigenvalue weighted by Gasteiger charge is 2.09. The van der Waals surface area contributed by atoms with Crippen molar-refractivity contribution in [2.75, 3.05) is 6.54 Å². The summed E-state index contributed by atoms with van der Waals surface area (Å²) >= 11 is 1.79. The van der Waals surface area contributed by atoms with E-state index in [9.17, 15) is 4.39 Å². The van der Waals surface area contributed by atoms with Crippen molar-refractivity contribution in [3.05, 3.63) is 57.0 Å². The molecule has 1 unspecified atom stereocenters. The van der Waals surface area contributed by atoms with Crippen LogP contribution >= 0.6 is 35.3 Å². The van der Waals surface area contributed by atoms with Crippen molar-refractivity contribution in [1.29, 1.82) is 5.26 Å². The zero-order valence-electron chi connectivity index (χ0n) is 15.2. The maximum absolute atomic E-state index is 13.9. The Morgan fingerprint density at radius 3 is 2.73 bits per heavy atom. The molecule has 0 fully saturated rings. The van der Waals surface area contributed by atoms with E-state index in [2.05, 4.69) is 41.6 Å². The van der Waals surface area contributed by atoms with E-state index in [1.807, 2.05) is 13.0 Å². The Bertz CT molecular complexity index is 782. The highest BCUT2D eigenvalue weighted by molar-refractivity contribution is 14.0. The Morgan fingerprint density at radius 2 is 2.12 bits per heavy atom. The first kappa shape index (κ1) is 22.4. The zero-order valence-corrected chi connectivity index (χ0v) is 18.3. The van der Waals surface area contributed by atoms with Crippen molar-refractivity contribution < 1.29 is 4.39 Å². The third-order valence-electron chi connectivity index (χ3n) is 3.61. The molecule has 0 saturated heterocycles. The Balaban J connectivity index is 0.00000338. The molecule has 0 bridgehead atoms. The van der Waals surface area contributed by atoms with Gasteiger partial charge in [-0.25, -0.2) is 9.38 Å². The molecule has 0 spiro atoms. The van der Waals surface area contributed by atoms with Crippen LogP contribution in [0.4, 0.5) is 4.39 Å². The lowest BCUT2D eigenvalue weighted by atomic mass is 10.1. The van der Waals surface area contributed by atoms with Crippen LogP contribution in [-0.4, -0.2) is 18.5 Å². The first-order valence-electron chi connectivity index (χ1n) is 8.30. The van der Waals surface area contributed by atoms with Crippen molar-refractivity contribution in [2.45, 2.75) is 39.8 Å². The number of rotatable bonds is 6. The third-order valence-corrected chi connectivity index (χ3v) is 4.64. The molecule has 0 amide bonds. The van der Waals surface area contributed by atoms with E-state index in [0.717, 1.165) is 13.0 Å². The van der Waals surface area contributed by atoms with Gasteiger partial charge in [-0.3, -0.25) is 0 Å². The van der Waals surface area contributed by atoms with Crippen LogP contribution in [0.2, 0.25) is 0 Å². The molecule has 1 heterocycles. The number of thiophene rings is 1. The predicted octanol–water partition coefficient (Wildman–Crippen LogP) is 4.37. The largest absolute Gasteiger partial charge is 0.357 e. The van der Waals surface area contributed by atoms with Crippen LogP contribution in [0.15, 0.2) is 35.3 Å². The van der Waals surface area contributed by atoms with Crippen molar-refractivity contribution in [3.63, 3.8) is 0 Å². The molecule has 0 saturated carbocycles. The Kier molecular flexibility index (Phi) is 9.59. The van der Waals surface area contributed by atoms with Gasteiger partial charge in [0.2, 0.25) is 0 Å². The topological polar surface area (TPSA) is 60.2 Å². The number of nitriles is 1. The van der Waals surface area contributed by atoms with Gasteiger partial charge in [-0.05, 0) is 51.1 Å². The molecule has 2 N–H and O–H groups in total. The lowest BCUT2D eigenvalue weighted by Gasteiger charge is -2.17. The molecule has 7 heteroatoms. The molecule has 4 nitrogen and oxygen atoms in total.